The number of hydrogen-bond donors (Lipinski definition) is 0. The maximum atomic E-state index is 12.7. The summed E-state index contributed by atoms with van der Waals surface area (Å²) in [5.74, 6) is -0.983. The number of esters is 1. The van der Waals surface area contributed by atoms with Crippen LogP contribution in [0.2, 0.25) is 0 Å². The number of rotatable bonds is 5. The number of carbonyl (C=O) groups excluding carboxylic acids is 2. The van der Waals surface area contributed by atoms with Crippen molar-refractivity contribution in [3.8, 4) is 0 Å². The van der Waals surface area contributed by atoms with Crippen LogP contribution >= 0.6 is 0 Å². The molecule has 0 aromatic heterocycles. The van der Waals surface area contributed by atoms with Gasteiger partial charge in [-0.25, -0.2) is 4.79 Å². The Morgan fingerprint density at radius 2 is 1.76 bits per heavy atom. The van der Waals surface area contributed by atoms with E-state index in [-0.39, 0.29) is 11.8 Å². The van der Waals surface area contributed by atoms with Crippen molar-refractivity contribution in [2.75, 3.05) is 13.6 Å². The average Bonchev–Trinajstić information content (AvgIpc) is 2.95. The Labute approximate surface area is 147 Å². The molecule has 0 unspecified atom stereocenters. The van der Waals surface area contributed by atoms with Gasteiger partial charge >= 0.3 is 5.97 Å². The number of likely N-dealkylation sites (tertiary alicyclic amines) is 1. The molecule has 3 rings (SSSR count). The van der Waals surface area contributed by atoms with Gasteiger partial charge in [0.1, 0.15) is 6.10 Å². The van der Waals surface area contributed by atoms with Crippen LogP contribution in [0.3, 0.4) is 0 Å². The Balaban J connectivity index is 1.95. The summed E-state index contributed by atoms with van der Waals surface area (Å²) in [6.07, 6.45) is 1.13. The van der Waals surface area contributed by atoms with E-state index in [1.165, 1.54) is 0 Å². The van der Waals surface area contributed by atoms with Crippen molar-refractivity contribution >= 4 is 11.9 Å². The van der Waals surface area contributed by atoms with Crippen molar-refractivity contribution in [3.05, 3.63) is 84.4 Å². The molecule has 1 fully saturated rings. The lowest BCUT2D eigenvalue weighted by Gasteiger charge is -2.25. The predicted octanol–water partition coefficient (Wildman–Crippen LogP) is 3.48. The molecule has 1 aliphatic rings. The van der Waals surface area contributed by atoms with Crippen molar-refractivity contribution in [3.63, 3.8) is 0 Å². The third kappa shape index (κ3) is 3.48. The largest absolute Gasteiger partial charge is 0.453 e. The first-order valence-corrected chi connectivity index (χ1v) is 8.30. The van der Waals surface area contributed by atoms with Gasteiger partial charge in [0.25, 0.3) is 0 Å². The molecule has 0 aliphatic carbocycles. The number of hydrogen-bond acceptors (Lipinski definition) is 3. The molecular weight excluding hydrogens is 314 g/mol. The zero-order valence-electron chi connectivity index (χ0n) is 14.2. The Hall–Kier alpha value is -2.88. The minimum absolute atomic E-state index is 0.0281. The molecule has 2 aromatic rings. The van der Waals surface area contributed by atoms with Gasteiger partial charge in [-0.3, -0.25) is 4.79 Å². The summed E-state index contributed by atoms with van der Waals surface area (Å²) in [6.45, 7) is 4.44. The second kappa shape index (κ2) is 7.34. The van der Waals surface area contributed by atoms with Gasteiger partial charge in [-0.1, -0.05) is 54.6 Å². The molecule has 0 spiro atoms. The molecule has 3 atom stereocenters. The lowest BCUT2D eigenvalue weighted by atomic mass is 9.86. The third-order valence-corrected chi connectivity index (χ3v) is 4.61. The van der Waals surface area contributed by atoms with E-state index in [1.54, 1.807) is 42.3 Å². The zero-order chi connectivity index (χ0) is 17.8. The summed E-state index contributed by atoms with van der Waals surface area (Å²) in [4.78, 5) is 27.0. The topological polar surface area (TPSA) is 46.6 Å². The summed E-state index contributed by atoms with van der Waals surface area (Å²) in [6, 6.07) is 18.3. The predicted molar refractivity (Wildman–Crippen MR) is 95.9 cm³/mol. The fraction of sp³-hybridized carbons (Fsp3) is 0.238. The first kappa shape index (κ1) is 17.0. The van der Waals surface area contributed by atoms with Gasteiger partial charge in [0.05, 0.1) is 11.5 Å². The number of carbonyl (C=O) groups is 2. The van der Waals surface area contributed by atoms with Crippen molar-refractivity contribution in [2.45, 2.75) is 6.10 Å². The molecule has 1 amide bonds. The molecule has 4 nitrogen and oxygen atoms in total. The highest BCUT2D eigenvalue weighted by Crippen LogP contribution is 2.38. The quantitative estimate of drug-likeness (QED) is 0.621. The summed E-state index contributed by atoms with van der Waals surface area (Å²) in [5, 5.41) is 0. The van der Waals surface area contributed by atoms with Gasteiger partial charge in [0, 0.05) is 19.5 Å². The molecule has 25 heavy (non-hydrogen) atoms. The Morgan fingerprint density at radius 1 is 1.16 bits per heavy atom. The number of benzene rings is 2. The van der Waals surface area contributed by atoms with E-state index in [0.29, 0.717) is 12.1 Å². The van der Waals surface area contributed by atoms with Crippen LogP contribution < -0.4 is 0 Å². The molecule has 1 heterocycles. The van der Waals surface area contributed by atoms with Gasteiger partial charge in [-0.15, -0.1) is 6.58 Å². The van der Waals surface area contributed by atoms with E-state index in [0.717, 1.165) is 5.56 Å². The summed E-state index contributed by atoms with van der Waals surface area (Å²) in [5.41, 5.74) is 1.28. The molecule has 0 radical (unpaired) electrons. The molecule has 0 bridgehead atoms. The van der Waals surface area contributed by atoms with Crippen LogP contribution in [-0.2, 0) is 9.53 Å². The van der Waals surface area contributed by atoms with E-state index in [4.69, 9.17) is 4.74 Å². The van der Waals surface area contributed by atoms with Crippen LogP contribution in [0.1, 0.15) is 22.0 Å². The minimum Gasteiger partial charge on any atom is -0.453 e. The van der Waals surface area contributed by atoms with E-state index in [9.17, 15) is 9.59 Å². The fourth-order valence-electron chi connectivity index (χ4n) is 3.28. The maximum Gasteiger partial charge on any atom is 0.338 e. The summed E-state index contributed by atoms with van der Waals surface area (Å²) < 4.78 is 5.82. The second-order valence-corrected chi connectivity index (χ2v) is 6.25. The molecule has 2 aromatic carbocycles. The second-order valence-electron chi connectivity index (χ2n) is 6.25. The van der Waals surface area contributed by atoms with Gasteiger partial charge in [0.15, 0.2) is 0 Å². The molecule has 0 saturated carbocycles. The van der Waals surface area contributed by atoms with Crippen molar-refractivity contribution in [2.24, 2.45) is 11.8 Å². The van der Waals surface area contributed by atoms with Gasteiger partial charge in [0.2, 0.25) is 5.91 Å². The molecule has 1 aliphatic heterocycles. The lowest BCUT2D eigenvalue weighted by molar-refractivity contribution is -0.133. The fourth-order valence-corrected chi connectivity index (χ4v) is 3.28. The SMILES string of the molecule is C=C[C@@H]1CN(C)C(=O)[C@H]1[C@H](OC(=O)c1ccccc1)c1ccccc1. The van der Waals surface area contributed by atoms with Crippen LogP contribution in [0.5, 0.6) is 0 Å². The summed E-state index contributed by atoms with van der Waals surface area (Å²) in [7, 11) is 1.76. The highest BCUT2D eigenvalue weighted by Gasteiger charge is 2.44. The van der Waals surface area contributed by atoms with Crippen LogP contribution in [0, 0.1) is 11.8 Å². The van der Waals surface area contributed by atoms with Gasteiger partial charge in [-0.2, -0.15) is 0 Å². The van der Waals surface area contributed by atoms with Crippen molar-refractivity contribution in [1.82, 2.24) is 4.90 Å². The molecule has 1 saturated heterocycles. The number of amides is 1. The number of nitrogens with zero attached hydrogens (tertiary/aromatic N) is 1. The highest BCUT2D eigenvalue weighted by molar-refractivity contribution is 5.90. The Kier molecular flexibility index (Phi) is 4.98. The lowest BCUT2D eigenvalue weighted by Crippen LogP contribution is -2.30. The van der Waals surface area contributed by atoms with E-state index < -0.39 is 18.0 Å². The van der Waals surface area contributed by atoms with E-state index in [2.05, 4.69) is 6.58 Å². The first-order chi connectivity index (χ1) is 12.1. The normalized spacial score (nSPS) is 21.0. The van der Waals surface area contributed by atoms with Crippen molar-refractivity contribution in [1.29, 1.82) is 0 Å². The summed E-state index contributed by atoms with van der Waals surface area (Å²) >= 11 is 0. The van der Waals surface area contributed by atoms with Gasteiger partial charge < -0.3 is 9.64 Å². The molecule has 4 heteroatoms. The van der Waals surface area contributed by atoms with E-state index >= 15 is 0 Å². The maximum absolute atomic E-state index is 12.7. The number of ether oxygens (including phenoxy) is 1. The third-order valence-electron chi connectivity index (χ3n) is 4.61. The van der Waals surface area contributed by atoms with Gasteiger partial charge in [-0.05, 0) is 17.7 Å². The smallest absolute Gasteiger partial charge is 0.338 e. The van der Waals surface area contributed by atoms with E-state index in [1.807, 2.05) is 36.4 Å². The van der Waals surface area contributed by atoms with Crippen LogP contribution in [-0.4, -0.2) is 30.4 Å². The Morgan fingerprint density at radius 3 is 2.36 bits per heavy atom. The molecule has 128 valence electrons. The highest BCUT2D eigenvalue weighted by atomic mass is 16.5. The van der Waals surface area contributed by atoms with Crippen LogP contribution in [0.25, 0.3) is 0 Å². The molecule has 0 N–H and O–H groups in total. The standard InChI is InChI=1S/C21H21NO3/c1-3-15-14-22(2)20(23)18(15)19(16-10-6-4-7-11-16)25-21(24)17-12-8-5-9-13-17/h3-13,15,18-19H,1,14H2,2H3/t15-,18-,19-/m1/s1. The monoisotopic (exact) mass is 335 g/mol. The van der Waals surface area contributed by atoms with Crippen LogP contribution in [0.4, 0.5) is 0 Å². The zero-order valence-corrected chi connectivity index (χ0v) is 14.2. The van der Waals surface area contributed by atoms with Crippen LogP contribution in [0.15, 0.2) is 73.3 Å². The van der Waals surface area contributed by atoms with Crippen molar-refractivity contribution < 1.29 is 14.3 Å². The molecular formula is C21H21NO3. The Bertz CT molecular complexity index is 757. The average molecular weight is 335 g/mol. The minimum atomic E-state index is -0.644. The first-order valence-electron chi connectivity index (χ1n) is 8.30.